The maximum absolute atomic E-state index is 12.4. The highest BCUT2D eigenvalue weighted by Gasteiger charge is 2.08. The molecule has 0 aliphatic carbocycles. The summed E-state index contributed by atoms with van der Waals surface area (Å²) in [6, 6.07) is 22.1. The summed E-state index contributed by atoms with van der Waals surface area (Å²) in [6.45, 7) is 2.28. The van der Waals surface area contributed by atoms with E-state index in [1.165, 1.54) is 88.7 Å². The summed E-state index contributed by atoms with van der Waals surface area (Å²) < 4.78 is 5.37. The molecule has 0 amide bonds. The third-order valence-corrected chi connectivity index (χ3v) is 6.97. The van der Waals surface area contributed by atoms with E-state index in [-0.39, 0.29) is 0 Å². The third-order valence-electron chi connectivity index (χ3n) is 6.97. The molecule has 0 saturated heterocycles. The Hall–Kier alpha value is -3.53. The molecule has 39 heavy (non-hydrogen) atoms. The van der Waals surface area contributed by atoms with Crippen molar-refractivity contribution in [3.05, 3.63) is 95.1 Å². The van der Waals surface area contributed by atoms with Gasteiger partial charge in [0.15, 0.2) is 0 Å². The van der Waals surface area contributed by atoms with Crippen LogP contribution in [-0.4, -0.2) is 18.5 Å². The van der Waals surface area contributed by atoms with Crippen molar-refractivity contribution in [3.8, 4) is 5.75 Å². The van der Waals surface area contributed by atoms with Gasteiger partial charge in [-0.05, 0) is 60.4 Å². The topological polar surface area (TPSA) is 55.7 Å². The monoisotopic (exact) mass is 525 g/mol. The lowest BCUT2D eigenvalue weighted by atomic mass is 10.0. The second kappa shape index (κ2) is 17.9. The van der Waals surface area contributed by atoms with E-state index in [0.29, 0.717) is 16.9 Å². The Kier molecular flexibility index (Phi) is 13.8. The first-order valence-corrected chi connectivity index (χ1v) is 14.7. The fourth-order valence-corrected chi connectivity index (χ4v) is 4.59. The van der Waals surface area contributed by atoms with Crippen molar-refractivity contribution >= 4 is 24.2 Å². The van der Waals surface area contributed by atoms with E-state index in [1.807, 2.05) is 12.1 Å². The lowest BCUT2D eigenvalue weighted by Crippen LogP contribution is -2.08. The van der Waals surface area contributed by atoms with Crippen molar-refractivity contribution in [1.82, 2.24) is 0 Å². The Labute approximate surface area is 234 Å². The Morgan fingerprint density at radius 2 is 1.33 bits per heavy atom. The molecule has 3 aromatic carbocycles. The third kappa shape index (κ3) is 11.8. The number of hydrogen-bond donors (Lipinski definition) is 0. The molecule has 3 aromatic rings. The number of rotatable bonds is 18. The first-order chi connectivity index (χ1) is 19.2. The van der Waals surface area contributed by atoms with Crippen molar-refractivity contribution < 1.29 is 14.3 Å². The maximum Gasteiger partial charge on any atom is 0.343 e. The van der Waals surface area contributed by atoms with E-state index in [9.17, 15) is 9.59 Å². The second-order valence-electron chi connectivity index (χ2n) is 10.3. The van der Waals surface area contributed by atoms with Crippen molar-refractivity contribution in [2.24, 2.45) is 4.99 Å². The van der Waals surface area contributed by atoms with Crippen LogP contribution in [0.25, 0.3) is 0 Å². The van der Waals surface area contributed by atoms with Crippen molar-refractivity contribution in [3.63, 3.8) is 0 Å². The van der Waals surface area contributed by atoms with Crippen LogP contribution in [0.1, 0.15) is 116 Å². The van der Waals surface area contributed by atoms with Gasteiger partial charge in [-0.25, -0.2) is 4.79 Å². The molecule has 4 heteroatoms. The molecule has 0 atom stereocenters. The predicted molar refractivity (Wildman–Crippen MR) is 162 cm³/mol. The minimum Gasteiger partial charge on any atom is -0.423 e. The molecule has 0 fully saturated rings. The van der Waals surface area contributed by atoms with Crippen LogP contribution < -0.4 is 4.74 Å². The molecule has 3 rings (SSSR count). The molecule has 0 aliphatic rings. The van der Waals surface area contributed by atoms with Crippen LogP contribution >= 0.6 is 0 Å². The van der Waals surface area contributed by atoms with Gasteiger partial charge in [-0.15, -0.1) is 0 Å². The largest absolute Gasteiger partial charge is 0.423 e. The average Bonchev–Trinajstić information content (AvgIpc) is 2.97. The van der Waals surface area contributed by atoms with Crippen molar-refractivity contribution in [2.75, 3.05) is 0 Å². The molecule has 0 aliphatic heterocycles. The molecule has 0 aromatic heterocycles. The Morgan fingerprint density at radius 3 is 1.95 bits per heavy atom. The summed E-state index contributed by atoms with van der Waals surface area (Å²) in [5.41, 5.74) is 4.07. The maximum atomic E-state index is 12.4. The van der Waals surface area contributed by atoms with Crippen LogP contribution in [0.4, 0.5) is 5.69 Å². The lowest BCUT2D eigenvalue weighted by molar-refractivity contribution is 0.0734. The molecule has 4 nitrogen and oxygen atoms in total. The highest BCUT2D eigenvalue weighted by Crippen LogP contribution is 2.18. The van der Waals surface area contributed by atoms with Gasteiger partial charge in [0.2, 0.25) is 0 Å². The Balaban J connectivity index is 1.32. The number of hydrogen-bond acceptors (Lipinski definition) is 4. The van der Waals surface area contributed by atoms with Crippen LogP contribution in [0.15, 0.2) is 77.8 Å². The van der Waals surface area contributed by atoms with Gasteiger partial charge >= 0.3 is 5.97 Å². The number of esters is 1. The summed E-state index contributed by atoms with van der Waals surface area (Å²) in [4.78, 5) is 27.9. The van der Waals surface area contributed by atoms with Crippen molar-refractivity contribution in [2.45, 2.75) is 90.4 Å². The fraction of sp³-hybridized carbons (Fsp3) is 0.400. The quantitative estimate of drug-likeness (QED) is 0.0546. The van der Waals surface area contributed by atoms with E-state index < -0.39 is 5.97 Å². The van der Waals surface area contributed by atoms with Crippen molar-refractivity contribution in [1.29, 1.82) is 0 Å². The molecule has 0 heterocycles. The molecular formula is C35H43NO3. The van der Waals surface area contributed by atoms with Crippen LogP contribution in [-0.2, 0) is 6.42 Å². The second-order valence-corrected chi connectivity index (χ2v) is 10.3. The van der Waals surface area contributed by atoms with E-state index in [2.05, 4.69) is 36.2 Å². The highest BCUT2D eigenvalue weighted by molar-refractivity contribution is 5.92. The number of ether oxygens (including phenoxy) is 1. The van der Waals surface area contributed by atoms with Gasteiger partial charge in [0, 0.05) is 11.8 Å². The minimum atomic E-state index is -0.467. The molecule has 0 bridgehead atoms. The van der Waals surface area contributed by atoms with Gasteiger partial charge in [-0.1, -0.05) is 114 Å². The summed E-state index contributed by atoms with van der Waals surface area (Å²) in [5, 5.41) is 0. The van der Waals surface area contributed by atoms with E-state index in [4.69, 9.17) is 4.74 Å². The highest BCUT2D eigenvalue weighted by atomic mass is 16.5. The minimum absolute atomic E-state index is 0.345. The van der Waals surface area contributed by atoms with Gasteiger partial charge < -0.3 is 4.74 Å². The van der Waals surface area contributed by atoms with Crippen LogP contribution in [0.5, 0.6) is 5.75 Å². The van der Waals surface area contributed by atoms with E-state index in [1.54, 1.807) is 36.5 Å². The van der Waals surface area contributed by atoms with Crippen LogP contribution in [0.2, 0.25) is 0 Å². The number of nitrogens with zero attached hydrogens (tertiary/aromatic N) is 1. The number of aldehydes is 1. The van der Waals surface area contributed by atoms with E-state index >= 15 is 0 Å². The Morgan fingerprint density at radius 1 is 0.718 bits per heavy atom. The first-order valence-electron chi connectivity index (χ1n) is 14.7. The van der Waals surface area contributed by atoms with Gasteiger partial charge in [0.05, 0.1) is 11.3 Å². The normalized spacial score (nSPS) is 11.1. The average molecular weight is 526 g/mol. The molecule has 0 N–H and O–H groups in total. The standard InChI is InChI=1S/C35H43NO3/c1-2-3-4-5-6-7-8-9-10-11-12-13-15-29-20-24-33(25-21-29)36-27-30-18-22-32(23-19-30)35(38)39-34-17-14-16-31(26-34)28-37/h14,16-28H,2-13,15H2,1H3. The number of unbranched alkanes of at least 4 members (excludes halogenated alkanes) is 11. The van der Waals surface area contributed by atoms with E-state index in [0.717, 1.165) is 24.0 Å². The summed E-state index contributed by atoms with van der Waals surface area (Å²) in [5.74, 6) is -0.122. The number of carbonyl (C=O) groups is 2. The van der Waals surface area contributed by atoms with Crippen LogP contribution in [0, 0.1) is 0 Å². The number of aliphatic imine (C=N–C) groups is 1. The molecule has 0 saturated carbocycles. The van der Waals surface area contributed by atoms with Gasteiger partial charge in [0.1, 0.15) is 12.0 Å². The van der Waals surface area contributed by atoms with Gasteiger partial charge in [-0.2, -0.15) is 0 Å². The SMILES string of the molecule is CCCCCCCCCCCCCCc1ccc(N=Cc2ccc(C(=O)Oc3cccc(C=O)c3)cc2)cc1. The zero-order valence-electron chi connectivity index (χ0n) is 23.4. The molecule has 0 spiro atoms. The summed E-state index contributed by atoms with van der Waals surface area (Å²) >= 11 is 0. The summed E-state index contributed by atoms with van der Waals surface area (Å²) in [6.07, 6.45) is 20.1. The van der Waals surface area contributed by atoms with Crippen LogP contribution in [0.3, 0.4) is 0 Å². The summed E-state index contributed by atoms with van der Waals surface area (Å²) in [7, 11) is 0. The fourth-order valence-electron chi connectivity index (χ4n) is 4.59. The number of benzene rings is 3. The predicted octanol–water partition coefficient (Wildman–Crippen LogP) is 9.71. The smallest absolute Gasteiger partial charge is 0.343 e. The van der Waals surface area contributed by atoms with Gasteiger partial charge in [0.25, 0.3) is 0 Å². The molecular weight excluding hydrogens is 482 g/mol. The Bertz CT molecular complexity index is 1150. The van der Waals surface area contributed by atoms with Gasteiger partial charge in [-0.3, -0.25) is 9.79 Å². The molecule has 206 valence electrons. The molecule has 0 radical (unpaired) electrons. The lowest BCUT2D eigenvalue weighted by Gasteiger charge is -2.05. The zero-order valence-corrected chi connectivity index (χ0v) is 23.4. The zero-order chi connectivity index (χ0) is 27.5. The number of aryl methyl sites for hydroxylation is 1. The molecule has 0 unspecified atom stereocenters. The number of carbonyl (C=O) groups excluding carboxylic acids is 2. The first kappa shape index (κ1) is 30.0.